The lowest BCUT2D eigenvalue weighted by Crippen LogP contribution is -2.21. The fraction of sp³-hybridized carbons (Fsp3) is 0.417. The number of halogens is 1. The highest BCUT2D eigenvalue weighted by atomic mass is 35.5. The van der Waals surface area contributed by atoms with Gasteiger partial charge in [0.15, 0.2) is 0 Å². The van der Waals surface area contributed by atoms with Gasteiger partial charge in [-0.3, -0.25) is 4.79 Å². The molecule has 1 aromatic rings. The third kappa shape index (κ3) is 1.55. The summed E-state index contributed by atoms with van der Waals surface area (Å²) in [5, 5.41) is 9.74. The van der Waals surface area contributed by atoms with Crippen molar-refractivity contribution in [2.45, 2.75) is 25.2 Å². The first-order valence-electron chi connectivity index (χ1n) is 5.09. The Morgan fingerprint density at radius 2 is 2.12 bits per heavy atom. The van der Waals surface area contributed by atoms with Gasteiger partial charge in [0.2, 0.25) is 0 Å². The van der Waals surface area contributed by atoms with E-state index in [0.29, 0.717) is 29.2 Å². The van der Waals surface area contributed by atoms with Crippen LogP contribution in [0.1, 0.15) is 24.0 Å². The molecular weight excluding hydrogens is 228 g/mol. The molecule has 0 aliphatic heterocycles. The molecule has 0 bridgehead atoms. The van der Waals surface area contributed by atoms with Gasteiger partial charge in [-0.05, 0) is 37.5 Å². The minimum atomic E-state index is -0.823. The maximum atomic E-state index is 11.3. The second-order valence-electron chi connectivity index (χ2n) is 4.21. The highest BCUT2D eigenvalue weighted by Gasteiger charge is 2.54. The standard InChI is InChI=1S/C12H13ClO3/c1-7-5-8(13)10(9(6-7)16-2)12(3-4-12)11(14)15/h5-6H,3-4H2,1-2H3,(H,14,15). The van der Waals surface area contributed by atoms with Gasteiger partial charge in [-0.1, -0.05) is 11.6 Å². The van der Waals surface area contributed by atoms with Crippen molar-refractivity contribution < 1.29 is 14.6 Å². The average molecular weight is 241 g/mol. The highest BCUT2D eigenvalue weighted by Crippen LogP contribution is 2.54. The van der Waals surface area contributed by atoms with Crippen LogP contribution in [0.3, 0.4) is 0 Å². The number of rotatable bonds is 3. The van der Waals surface area contributed by atoms with E-state index >= 15 is 0 Å². The minimum absolute atomic E-state index is 0.483. The fourth-order valence-corrected chi connectivity index (χ4v) is 2.48. The quantitative estimate of drug-likeness (QED) is 0.884. The Morgan fingerprint density at radius 3 is 2.56 bits per heavy atom. The van der Waals surface area contributed by atoms with Crippen molar-refractivity contribution in [1.29, 1.82) is 0 Å². The summed E-state index contributed by atoms with van der Waals surface area (Å²) in [4.78, 5) is 11.3. The predicted molar refractivity (Wildman–Crippen MR) is 61.3 cm³/mol. The van der Waals surface area contributed by atoms with Crippen molar-refractivity contribution >= 4 is 17.6 Å². The molecule has 0 radical (unpaired) electrons. The normalized spacial score (nSPS) is 16.9. The Labute approximate surface area is 99.0 Å². The maximum Gasteiger partial charge on any atom is 0.314 e. The lowest BCUT2D eigenvalue weighted by atomic mass is 9.94. The number of methoxy groups -OCH3 is 1. The molecular formula is C12H13ClO3. The van der Waals surface area contributed by atoms with Gasteiger partial charge in [-0.15, -0.1) is 0 Å². The molecule has 0 atom stereocenters. The monoisotopic (exact) mass is 240 g/mol. The van der Waals surface area contributed by atoms with Gasteiger partial charge in [0.05, 0.1) is 12.5 Å². The molecule has 0 aromatic heterocycles. The number of hydrogen-bond acceptors (Lipinski definition) is 2. The van der Waals surface area contributed by atoms with Gasteiger partial charge in [-0.2, -0.15) is 0 Å². The van der Waals surface area contributed by atoms with Crippen LogP contribution in [-0.4, -0.2) is 18.2 Å². The van der Waals surface area contributed by atoms with Crippen LogP contribution < -0.4 is 4.74 Å². The van der Waals surface area contributed by atoms with Crippen molar-refractivity contribution in [3.8, 4) is 5.75 Å². The maximum absolute atomic E-state index is 11.3. The number of aryl methyl sites for hydroxylation is 1. The third-order valence-corrected chi connectivity index (χ3v) is 3.35. The molecule has 0 heterocycles. The second kappa shape index (κ2) is 3.67. The Kier molecular flexibility index (Phi) is 2.58. The van der Waals surface area contributed by atoms with Gasteiger partial charge >= 0.3 is 5.97 Å². The van der Waals surface area contributed by atoms with Gasteiger partial charge in [0.25, 0.3) is 0 Å². The summed E-state index contributed by atoms with van der Waals surface area (Å²) in [6.45, 7) is 1.90. The van der Waals surface area contributed by atoms with Gasteiger partial charge in [-0.25, -0.2) is 0 Å². The molecule has 0 unspecified atom stereocenters. The molecule has 0 spiro atoms. The molecule has 1 aliphatic carbocycles. The number of aliphatic carboxylic acids is 1. The molecule has 1 fully saturated rings. The van der Waals surface area contributed by atoms with E-state index in [1.54, 1.807) is 6.07 Å². The smallest absolute Gasteiger partial charge is 0.314 e. The molecule has 2 rings (SSSR count). The molecule has 1 saturated carbocycles. The molecule has 16 heavy (non-hydrogen) atoms. The Balaban J connectivity index is 2.60. The molecule has 0 saturated heterocycles. The molecule has 1 aromatic carbocycles. The lowest BCUT2D eigenvalue weighted by molar-refractivity contribution is -0.140. The first-order valence-corrected chi connectivity index (χ1v) is 5.47. The van der Waals surface area contributed by atoms with Crippen molar-refractivity contribution in [2.24, 2.45) is 0 Å². The van der Waals surface area contributed by atoms with E-state index in [4.69, 9.17) is 16.3 Å². The van der Waals surface area contributed by atoms with E-state index in [0.717, 1.165) is 5.56 Å². The van der Waals surface area contributed by atoms with Crippen LogP contribution in [0.15, 0.2) is 12.1 Å². The van der Waals surface area contributed by atoms with Crippen LogP contribution in [0, 0.1) is 6.92 Å². The summed E-state index contributed by atoms with van der Waals surface area (Å²) in [6.07, 6.45) is 1.25. The fourth-order valence-electron chi connectivity index (χ4n) is 2.03. The lowest BCUT2D eigenvalue weighted by Gasteiger charge is -2.17. The number of carboxylic acid groups (broad SMARTS) is 1. The van der Waals surface area contributed by atoms with E-state index in [1.165, 1.54) is 7.11 Å². The topological polar surface area (TPSA) is 46.5 Å². The summed E-state index contributed by atoms with van der Waals surface area (Å²) < 4.78 is 5.24. The first-order chi connectivity index (χ1) is 7.51. The van der Waals surface area contributed by atoms with E-state index in [1.807, 2.05) is 13.0 Å². The Bertz CT molecular complexity index is 450. The second-order valence-corrected chi connectivity index (χ2v) is 4.62. The highest BCUT2D eigenvalue weighted by molar-refractivity contribution is 6.32. The number of ether oxygens (including phenoxy) is 1. The van der Waals surface area contributed by atoms with E-state index in [-0.39, 0.29) is 0 Å². The molecule has 4 heteroatoms. The number of carboxylic acids is 1. The van der Waals surface area contributed by atoms with Crippen LogP contribution >= 0.6 is 11.6 Å². The van der Waals surface area contributed by atoms with Crippen molar-refractivity contribution in [3.63, 3.8) is 0 Å². The zero-order valence-corrected chi connectivity index (χ0v) is 9.97. The SMILES string of the molecule is COc1cc(C)cc(Cl)c1C1(C(=O)O)CC1. The number of carbonyl (C=O) groups is 1. The average Bonchev–Trinajstić information content (AvgIpc) is 2.97. The summed E-state index contributed by atoms with van der Waals surface area (Å²) in [5.41, 5.74) is 0.761. The Morgan fingerprint density at radius 1 is 1.50 bits per heavy atom. The van der Waals surface area contributed by atoms with Crippen molar-refractivity contribution in [1.82, 2.24) is 0 Å². The van der Waals surface area contributed by atoms with Crippen LogP contribution in [0.25, 0.3) is 0 Å². The van der Waals surface area contributed by atoms with Gasteiger partial charge in [0, 0.05) is 10.6 Å². The molecule has 3 nitrogen and oxygen atoms in total. The Hall–Kier alpha value is -1.22. The summed E-state index contributed by atoms with van der Waals surface area (Å²) in [7, 11) is 1.53. The van der Waals surface area contributed by atoms with Crippen LogP contribution in [-0.2, 0) is 10.2 Å². The summed E-state index contributed by atoms with van der Waals surface area (Å²) >= 11 is 6.14. The predicted octanol–water partition coefficient (Wildman–Crippen LogP) is 2.77. The van der Waals surface area contributed by atoms with E-state index in [9.17, 15) is 9.90 Å². The molecule has 0 amide bonds. The summed E-state index contributed by atoms with van der Waals surface area (Å²) in [6, 6.07) is 3.60. The third-order valence-electron chi connectivity index (χ3n) is 3.06. The number of hydrogen-bond donors (Lipinski definition) is 1. The zero-order valence-electron chi connectivity index (χ0n) is 9.21. The van der Waals surface area contributed by atoms with Crippen LogP contribution in [0.2, 0.25) is 5.02 Å². The molecule has 86 valence electrons. The summed E-state index contributed by atoms with van der Waals surface area (Å²) in [5.74, 6) is -0.249. The molecule has 1 N–H and O–H groups in total. The number of benzene rings is 1. The van der Waals surface area contributed by atoms with Crippen LogP contribution in [0.5, 0.6) is 5.75 Å². The first kappa shape index (κ1) is 11.3. The van der Waals surface area contributed by atoms with Crippen LogP contribution in [0.4, 0.5) is 0 Å². The van der Waals surface area contributed by atoms with Gasteiger partial charge in [0.1, 0.15) is 5.75 Å². The van der Waals surface area contributed by atoms with Crippen molar-refractivity contribution in [2.75, 3.05) is 7.11 Å². The zero-order chi connectivity index (χ0) is 11.9. The van der Waals surface area contributed by atoms with Crippen molar-refractivity contribution in [3.05, 3.63) is 28.3 Å². The van der Waals surface area contributed by atoms with Gasteiger partial charge < -0.3 is 9.84 Å². The molecule has 1 aliphatic rings. The minimum Gasteiger partial charge on any atom is -0.496 e. The largest absolute Gasteiger partial charge is 0.496 e. The van der Waals surface area contributed by atoms with E-state index in [2.05, 4.69) is 0 Å². The van der Waals surface area contributed by atoms with E-state index < -0.39 is 11.4 Å².